The molecule has 0 radical (unpaired) electrons. The van der Waals surface area contributed by atoms with Crippen molar-refractivity contribution in [2.24, 2.45) is 7.05 Å². The van der Waals surface area contributed by atoms with Gasteiger partial charge in [-0.15, -0.1) is 11.6 Å². The summed E-state index contributed by atoms with van der Waals surface area (Å²) in [6.07, 6.45) is 4.04. The van der Waals surface area contributed by atoms with Gasteiger partial charge in [0.2, 0.25) is 0 Å². The highest BCUT2D eigenvalue weighted by Crippen LogP contribution is 2.40. The number of nitrogens with zero attached hydrogens (tertiary/aromatic N) is 4. The Balaban J connectivity index is 2.15. The number of aromatic nitrogens is 4. The number of hydrogen-bond acceptors (Lipinski definition) is 2. The third-order valence-electron chi connectivity index (χ3n) is 3.03. The first-order chi connectivity index (χ1) is 8.22. The lowest BCUT2D eigenvalue weighted by molar-refractivity contribution is 0.642. The van der Waals surface area contributed by atoms with Crippen LogP contribution < -0.4 is 0 Å². The minimum Gasteiger partial charge on any atom is -0.266 e. The number of aryl methyl sites for hydroxylation is 1. The van der Waals surface area contributed by atoms with Crippen LogP contribution in [0.3, 0.4) is 0 Å². The van der Waals surface area contributed by atoms with Crippen LogP contribution in [0.15, 0.2) is 12.3 Å². The van der Waals surface area contributed by atoms with Crippen LogP contribution in [-0.2, 0) is 12.9 Å². The fourth-order valence-corrected chi connectivity index (χ4v) is 2.59. The van der Waals surface area contributed by atoms with E-state index in [4.69, 9.17) is 23.2 Å². The summed E-state index contributed by atoms with van der Waals surface area (Å²) in [6.45, 7) is 0. The van der Waals surface area contributed by atoms with Crippen molar-refractivity contribution in [2.45, 2.75) is 24.8 Å². The van der Waals surface area contributed by atoms with E-state index in [1.807, 2.05) is 17.8 Å². The van der Waals surface area contributed by atoms with Crippen molar-refractivity contribution in [3.8, 4) is 11.4 Å². The maximum atomic E-state index is 6.32. The molecule has 0 spiro atoms. The van der Waals surface area contributed by atoms with E-state index in [0.29, 0.717) is 17.1 Å². The summed E-state index contributed by atoms with van der Waals surface area (Å²) in [5.74, 6) is 0.367. The quantitative estimate of drug-likeness (QED) is 0.804. The van der Waals surface area contributed by atoms with Crippen molar-refractivity contribution in [1.82, 2.24) is 19.6 Å². The molecule has 0 unspecified atom stereocenters. The zero-order valence-electron chi connectivity index (χ0n) is 9.40. The lowest BCUT2D eigenvalue weighted by Gasteiger charge is -1.99. The van der Waals surface area contributed by atoms with Gasteiger partial charge in [0, 0.05) is 18.8 Å². The summed E-state index contributed by atoms with van der Waals surface area (Å²) in [7, 11) is 1.89. The van der Waals surface area contributed by atoms with E-state index in [-0.39, 0.29) is 0 Å². The molecule has 17 heavy (non-hydrogen) atoms. The Bertz CT molecular complexity index is 554. The van der Waals surface area contributed by atoms with E-state index in [9.17, 15) is 0 Å². The minimum absolute atomic E-state index is 0.367. The summed E-state index contributed by atoms with van der Waals surface area (Å²) in [5, 5.41) is 9.40. The Morgan fingerprint density at radius 2 is 2.24 bits per heavy atom. The fourth-order valence-electron chi connectivity index (χ4n) is 1.94. The summed E-state index contributed by atoms with van der Waals surface area (Å²) in [6, 6.07) is 2.37. The Morgan fingerprint density at radius 3 is 2.76 bits per heavy atom. The second-order valence-corrected chi connectivity index (χ2v) is 4.89. The fraction of sp³-hybridized carbons (Fsp3) is 0.455. The van der Waals surface area contributed by atoms with E-state index in [2.05, 4.69) is 10.2 Å². The Hall–Kier alpha value is -1.00. The molecule has 0 atom stereocenters. The van der Waals surface area contributed by atoms with Crippen LogP contribution in [0, 0.1) is 0 Å². The van der Waals surface area contributed by atoms with Gasteiger partial charge in [-0.2, -0.15) is 10.2 Å². The van der Waals surface area contributed by atoms with Crippen LogP contribution in [-0.4, -0.2) is 19.6 Å². The SMILES string of the molecule is Cn1nccc1-c1nn(C2CC2)c(Cl)c1CCl. The van der Waals surface area contributed by atoms with Crippen molar-refractivity contribution >= 4 is 23.2 Å². The number of alkyl halides is 1. The maximum Gasteiger partial charge on any atom is 0.132 e. The minimum atomic E-state index is 0.367. The predicted molar refractivity (Wildman–Crippen MR) is 67.3 cm³/mol. The van der Waals surface area contributed by atoms with E-state index in [0.717, 1.165) is 29.8 Å². The molecule has 2 aromatic heterocycles. The van der Waals surface area contributed by atoms with Crippen molar-refractivity contribution < 1.29 is 0 Å². The molecule has 1 saturated carbocycles. The Kier molecular flexibility index (Phi) is 2.64. The second-order valence-electron chi connectivity index (χ2n) is 4.27. The predicted octanol–water partition coefficient (Wildman–Crippen LogP) is 3.01. The van der Waals surface area contributed by atoms with Crippen LogP contribution in [0.25, 0.3) is 11.4 Å². The molecule has 1 fully saturated rings. The second kappa shape index (κ2) is 4.03. The average Bonchev–Trinajstić information content (AvgIpc) is 2.98. The number of hydrogen-bond donors (Lipinski definition) is 0. The highest BCUT2D eigenvalue weighted by molar-refractivity contribution is 6.31. The van der Waals surface area contributed by atoms with Crippen LogP contribution in [0.5, 0.6) is 0 Å². The molecule has 0 N–H and O–H groups in total. The van der Waals surface area contributed by atoms with Gasteiger partial charge in [0.15, 0.2) is 0 Å². The zero-order chi connectivity index (χ0) is 12.0. The zero-order valence-corrected chi connectivity index (χ0v) is 10.9. The number of rotatable bonds is 3. The van der Waals surface area contributed by atoms with Gasteiger partial charge < -0.3 is 0 Å². The van der Waals surface area contributed by atoms with Gasteiger partial charge in [-0.25, -0.2) is 4.68 Å². The molecular formula is C11H12Cl2N4. The average molecular weight is 271 g/mol. The first kappa shape index (κ1) is 11.1. The molecule has 4 nitrogen and oxygen atoms in total. The molecule has 0 saturated heterocycles. The molecular weight excluding hydrogens is 259 g/mol. The first-order valence-electron chi connectivity index (χ1n) is 5.53. The van der Waals surface area contributed by atoms with E-state index >= 15 is 0 Å². The molecule has 2 heterocycles. The van der Waals surface area contributed by atoms with Gasteiger partial charge in [0.05, 0.1) is 17.6 Å². The molecule has 0 amide bonds. The van der Waals surface area contributed by atoms with Crippen molar-refractivity contribution in [3.63, 3.8) is 0 Å². The maximum absolute atomic E-state index is 6.32. The Labute approximate surface area is 109 Å². The van der Waals surface area contributed by atoms with Gasteiger partial charge in [-0.1, -0.05) is 11.6 Å². The molecule has 1 aliphatic carbocycles. The monoisotopic (exact) mass is 270 g/mol. The Morgan fingerprint density at radius 1 is 1.47 bits per heavy atom. The molecule has 2 aromatic rings. The van der Waals surface area contributed by atoms with Gasteiger partial charge in [0.1, 0.15) is 10.8 Å². The van der Waals surface area contributed by atoms with Crippen LogP contribution in [0.2, 0.25) is 5.15 Å². The summed E-state index contributed by atoms with van der Waals surface area (Å²) in [5.41, 5.74) is 2.68. The van der Waals surface area contributed by atoms with E-state index in [1.165, 1.54) is 0 Å². The highest BCUT2D eigenvalue weighted by Gasteiger charge is 2.30. The lowest BCUT2D eigenvalue weighted by Crippen LogP contribution is -1.98. The van der Waals surface area contributed by atoms with Crippen molar-refractivity contribution in [3.05, 3.63) is 23.0 Å². The lowest BCUT2D eigenvalue weighted by atomic mass is 10.2. The van der Waals surface area contributed by atoms with Crippen LogP contribution in [0.4, 0.5) is 0 Å². The van der Waals surface area contributed by atoms with Gasteiger partial charge in [0.25, 0.3) is 0 Å². The van der Waals surface area contributed by atoms with Gasteiger partial charge in [-0.05, 0) is 18.9 Å². The standard InChI is InChI=1S/C11H12Cl2N4/c1-16-9(4-5-14-16)10-8(6-12)11(13)17(15-10)7-2-3-7/h4-5,7H,2-3,6H2,1H3. The van der Waals surface area contributed by atoms with Gasteiger partial charge >= 0.3 is 0 Å². The van der Waals surface area contributed by atoms with Crippen molar-refractivity contribution in [1.29, 1.82) is 0 Å². The summed E-state index contributed by atoms with van der Waals surface area (Å²) in [4.78, 5) is 0. The molecule has 3 rings (SSSR count). The van der Waals surface area contributed by atoms with E-state index in [1.54, 1.807) is 10.9 Å². The number of halogens is 2. The third-order valence-corrected chi connectivity index (χ3v) is 3.70. The molecule has 6 heteroatoms. The third kappa shape index (κ3) is 1.76. The molecule has 0 bridgehead atoms. The largest absolute Gasteiger partial charge is 0.266 e. The molecule has 1 aliphatic rings. The highest BCUT2D eigenvalue weighted by atomic mass is 35.5. The topological polar surface area (TPSA) is 35.6 Å². The van der Waals surface area contributed by atoms with Crippen molar-refractivity contribution in [2.75, 3.05) is 0 Å². The van der Waals surface area contributed by atoms with Gasteiger partial charge in [-0.3, -0.25) is 4.68 Å². The summed E-state index contributed by atoms with van der Waals surface area (Å²) < 4.78 is 3.67. The molecule has 90 valence electrons. The van der Waals surface area contributed by atoms with E-state index < -0.39 is 0 Å². The van der Waals surface area contributed by atoms with Crippen LogP contribution >= 0.6 is 23.2 Å². The summed E-state index contributed by atoms with van der Waals surface area (Å²) >= 11 is 12.3. The normalized spacial score (nSPS) is 15.5. The van der Waals surface area contributed by atoms with Crippen LogP contribution in [0.1, 0.15) is 24.4 Å². The first-order valence-corrected chi connectivity index (χ1v) is 6.45. The molecule has 0 aliphatic heterocycles. The smallest absolute Gasteiger partial charge is 0.132 e. The molecule has 0 aromatic carbocycles.